The molecule has 2 aromatic carbocycles. The van der Waals surface area contributed by atoms with E-state index in [-0.39, 0.29) is 28.8 Å². The first-order chi connectivity index (χ1) is 15.0. The van der Waals surface area contributed by atoms with Gasteiger partial charge in [-0.3, -0.25) is 19.7 Å². The number of nitrogens with zero attached hydrogens (tertiary/aromatic N) is 2. The Bertz CT molecular complexity index is 1070. The number of nitro groups is 1. The minimum Gasteiger partial charge on any atom is -0.490 e. The SMILES string of the molecule is CC(C)CCN1C(=O)C(C)(C)COc2ccc(NC(=O)c3cc(Cl)ccc3[N+](=O)[O-])cc21. The number of rotatable bonds is 6. The standard InChI is InChI=1S/C23H26ClN3O5/c1-14(2)9-10-26-19-12-16(6-8-20(19)32-13-23(3,4)22(26)29)25-21(28)17-11-15(24)5-7-18(17)27(30)31/h5-8,11-12,14H,9-10,13H2,1-4H3,(H,25,28). The van der Waals surface area contributed by atoms with Crippen LogP contribution in [0, 0.1) is 21.4 Å². The van der Waals surface area contributed by atoms with E-state index in [0.717, 1.165) is 6.42 Å². The number of anilines is 2. The van der Waals surface area contributed by atoms with Crippen molar-refractivity contribution in [3.8, 4) is 5.75 Å². The highest BCUT2D eigenvalue weighted by Crippen LogP contribution is 2.38. The number of ether oxygens (including phenoxy) is 1. The Morgan fingerprint density at radius 2 is 2.00 bits per heavy atom. The smallest absolute Gasteiger partial charge is 0.282 e. The number of hydrogen-bond acceptors (Lipinski definition) is 5. The van der Waals surface area contributed by atoms with Gasteiger partial charge in [0.2, 0.25) is 5.91 Å². The molecule has 1 N–H and O–H groups in total. The van der Waals surface area contributed by atoms with Crippen LogP contribution in [0.5, 0.6) is 5.75 Å². The Morgan fingerprint density at radius 1 is 1.28 bits per heavy atom. The lowest BCUT2D eigenvalue weighted by atomic mass is 9.92. The molecule has 0 atom stereocenters. The number of fused-ring (bicyclic) bond motifs is 1. The topological polar surface area (TPSA) is 102 Å². The second-order valence-electron chi connectivity index (χ2n) is 8.87. The van der Waals surface area contributed by atoms with Gasteiger partial charge in [0.1, 0.15) is 17.9 Å². The van der Waals surface area contributed by atoms with Gasteiger partial charge in [-0.25, -0.2) is 0 Å². The predicted octanol–water partition coefficient (Wildman–Crippen LogP) is 5.30. The fraction of sp³-hybridized carbons (Fsp3) is 0.391. The average molecular weight is 460 g/mol. The second kappa shape index (κ2) is 9.16. The summed E-state index contributed by atoms with van der Waals surface area (Å²) in [6.45, 7) is 8.58. The molecule has 32 heavy (non-hydrogen) atoms. The van der Waals surface area contributed by atoms with Crippen LogP contribution in [-0.2, 0) is 4.79 Å². The molecule has 0 saturated heterocycles. The summed E-state index contributed by atoms with van der Waals surface area (Å²) in [4.78, 5) is 38.4. The van der Waals surface area contributed by atoms with Gasteiger partial charge in [0.05, 0.1) is 16.0 Å². The van der Waals surface area contributed by atoms with E-state index in [0.29, 0.717) is 29.6 Å². The predicted molar refractivity (Wildman–Crippen MR) is 124 cm³/mol. The van der Waals surface area contributed by atoms with Crippen molar-refractivity contribution in [1.82, 2.24) is 0 Å². The van der Waals surface area contributed by atoms with Gasteiger partial charge in [-0.15, -0.1) is 0 Å². The Morgan fingerprint density at radius 3 is 2.66 bits per heavy atom. The average Bonchev–Trinajstić information content (AvgIpc) is 2.81. The van der Waals surface area contributed by atoms with Crippen LogP contribution in [0.4, 0.5) is 17.1 Å². The van der Waals surface area contributed by atoms with Crippen molar-refractivity contribution in [2.24, 2.45) is 11.3 Å². The van der Waals surface area contributed by atoms with Crippen LogP contribution in [0.15, 0.2) is 36.4 Å². The highest BCUT2D eigenvalue weighted by atomic mass is 35.5. The summed E-state index contributed by atoms with van der Waals surface area (Å²) in [7, 11) is 0. The van der Waals surface area contributed by atoms with Crippen LogP contribution in [0.25, 0.3) is 0 Å². The molecule has 0 fully saturated rings. The molecule has 0 radical (unpaired) electrons. The summed E-state index contributed by atoms with van der Waals surface area (Å²) in [5, 5.41) is 14.2. The van der Waals surface area contributed by atoms with E-state index in [4.69, 9.17) is 16.3 Å². The highest BCUT2D eigenvalue weighted by Gasteiger charge is 2.37. The molecule has 2 amide bonds. The number of nitrogens with one attached hydrogen (secondary N) is 1. The van der Waals surface area contributed by atoms with Crippen LogP contribution in [-0.4, -0.2) is 29.9 Å². The number of carbonyl (C=O) groups excluding carboxylic acids is 2. The quantitative estimate of drug-likeness (QED) is 0.466. The molecule has 2 aromatic rings. The maximum Gasteiger partial charge on any atom is 0.282 e. The molecule has 8 nitrogen and oxygen atoms in total. The molecular weight excluding hydrogens is 434 g/mol. The van der Waals surface area contributed by atoms with Gasteiger partial charge in [0.25, 0.3) is 11.6 Å². The van der Waals surface area contributed by atoms with Crippen LogP contribution < -0.4 is 15.0 Å². The van der Waals surface area contributed by atoms with Crippen LogP contribution in [0.3, 0.4) is 0 Å². The number of hydrogen-bond donors (Lipinski definition) is 1. The van der Waals surface area contributed by atoms with E-state index >= 15 is 0 Å². The number of amides is 2. The summed E-state index contributed by atoms with van der Waals surface area (Å²) in [6.07, 6.45) is 0.798. The summed E-state index contributed by atoms with van der Waals surface area (Å²) in [5.74, 6) is 0.198. The molecule has 1 aliphatic rings. The summed E-state index contributed by atoms with van der Waals surface area (Å²) in [5.41, 5.74) is -0.266. The molecule has 0 aromatic heterocycles. The van der Waals surface area contributed by atoms with Gasteiger partial charge in [-0.2, -0.15) is 0 Å². The maximum absolute atomic E-state index is 13.2. The normalized spacial score (nSPS) is 15.1. The first kappa shape index (κ1) is 23.5. The van der Waals surface area contributed by atoms with Crippen molar-refractivity contribution in [2.45, 2.75) is 34.1 Å². The van der Waals surface area contributed by atoms with E-state index in [1.165, 1.54) is 18.2 Å². The minimum absolute atomic E-state index is 0.0640. The Hall–Kier alpha value is -3.13. The Balaban J connectivity index is 1.96. The summed E-state index contributed by atoms with van der Waals surface area (Å²) in [6, 6.07) is 8.78. The first-order valence-electron chi connectivity index (χ1n) is 10.3. The van der Waals surface area contributed by atoms with E-state index in [2.05, 4.69) is 19.2 Å². The number of halogens is 1. The first-order valence-corrected chi connectivity index (χ1v) is 10.7. The third-order valence-electron chi connectivity index (χ3n) is 5.25. The van der Waals surface area contributed by atoms with E-state index in [9.17, 15) is 19.7 Å². The molecule has 0 spiro atoms. The molecular formula is C23H26ClN3O5. The molecule has 0 bridgehead atoms. The minimum atomic E-state index is -0.708. The van der Waals surface area contributed by atoms with Crippen molar-refractivity contribution in [3.05, 3.63) is 57.1 Å². The van der Waals surface area contributed by atoms with E-state index in [1.54, 1.807) is 23.1 Å². The van der Waals surface area contributed by atoms with Crippen molar-refractivity contribution in [1.29, 1.82) is 0 Å². The molecule has 0 saturated carbocycles. The molecule has 1 aliphatic heterocycles. The van der Waals surface area contributed by atoms with Crippen LogP contribution >= 0.6 is 11.6 Å². The van der Waals surface area contributed by atoms with Crippen molar-refractivity contribution >= 4 is 40.5 Å². The lowest BCUT2D eigenvalue weighted by Crippen LogP contribution is -2.42. The third-order valence-corrected chi connectivity index (χ3v) is 5.49. The van der Waals surface area contributed by atoms with Crippen LogP contribution in [0.1, 0.15) is 44.5 Å². The molecule has 0 aliphatic carbocycles. The third kappa shape index (κ3) is 5.02. The number of nitro benzene ring substituents is 1. The van der Waals surface area contributed by atoms with Gasteiger partial charge in [-0.05, 0) is 56.5 Å². The molecule has 170 valence electrons. The lowest BCUT2D eigenvalue weighted by Gasteiger charge is -2.28. The zero-order chi connectivity index (χ0) is 23.6. The largest absolute Gasteiger partial charge is 0.490 e. The van der Waals surface area contributed by atoms with Crippen molar-refractivity contribution < 1.29 is 19.2 Å². The maximum atomic E-state index is 13.2. The van der Waals surface area contributed by atoms with Crippen LogP contribution in [0.2, 0.25) is 5.02 Å². The van der Waals surface area contributed by atoms with Gasteiger partial charge in [-0.1, -0.05) is 25.4 Å². The lowest BCUT2D eigenvalue weighted by molar-refractivity contribution is -0.385. The second-order valence-corrected chi connectivity index (χ2v) is 9.30. The van der Waals surface area contributed by atoms with Crippen molar-refractivity contribution in [2.75, 3.05) is 23.4 Å². The number of carbonyl (C=O) groups is 2. The molecule has 9 heteroatoms. The molecule has 3 rings (SSSR count). The molecule has 0 unspecified atom stereocenters. The molecule has 1 heterocycles. The van der Waals surface area contributed by atoms with Gasteiger partial charge < -0.3 is 15.0 Å². The fourth-order valence-corrected chi connectivity index (χ4v) is 3.55. The van der Waals surface area contributed by atoms with Gasteiger partial charge >= 0.3 is 0 Å². The van der Waals surface area contributed by atoms with Gasteiger partial charge in [0, 0.05) is 23.3 Å². The van der Waals surface area contributed by atoms with E-state index < -0.39 is 16.2 Å². The monoisotopic (exact) mass is 459 g/mol. The van der Waals surface area contributed by atoms with Gasteiger partial charge in [0.15, 0.2) is 0 Å². The fourth-order valence-electron chi connectivity index (χ4n) is 3.38. The zero-order valence-electron chi connectivity index (χ0n) is 18.5. The Labute approximate surface area is 191 Å². The highest BCUT2D eigenvalue weighted by molar-refractivity contribution is 6.31. The Kier molecular flexibility index (Phi) is 6.74. The van der Waals surface area contributed by atoms with Crippen molar-refractivity contribution in [3.63, 3.8) is 0 Å². The summed E-state index contributed by atoms with van der Waals surface area (Å²) >= 11 is 5.94. The zero-order valence-corrected chi connectivity index (χ0v) is 19.2. The van der Waals surface area contributed by atoms with E-state index in [1.807, 2.05) is 13.8 Å². The number of benzene rings is 2. The summed E-state index contributed by atoms with van der Waals surface area (Å²) < 4.78 is 5.90.